The predicted molar refractivity (Wildman–Crippen MR) is 74.6 cm³/mol. The smallest absolute Gasteiger partial charge is 0.128 e. The van der Waals surface area contributed by atoms with Crippen LogP contribution in [0, 0.1) is 17.1 Å². The Morgan fingerprint density at radius 3 is 2.53 bits per heavy atom. The fraction of sp³-hybridized carbons (Fsp3) is 0.533. The van der Waals surface area contributed by atoms with E-state index in [9.17, 15) is 9.65 Å². The fourth-order valence-electron chi connectivity index (χ4n) is 2.51. The molecule has 3 nitrogen and oxygen atoms in total. The number of nitrogens with two attached hydrogens (primary N) is 1. The maximum absolute atomic E-state index is 13.9. The van der Waals surface area contributed by atoms with E-state index in [1.54, 1.807) is 0 Å². The lowest BCUT2D eigenvalue weighted by Gasteiger charge is -2.33. The second kappa shape index (κ2) is 5.58. The summed E-state index contributed by atoms with van der Waals surface area (Å²) in [4.78, 5) is 2.15. The van der Waals surface area contributed by atoms with E-state index in [4.69, 9.17) is 5.73 Å². The van der Waals surface area contributed by atoms with E-state index in [1.165, 1.54) is 6.07 Å². The van der Waals surface area contributed by atoms with Gasteiger partial charge in [0.15, 0.2) is 0 Å². The van der Waals surface area contributed by atoms with Crippen LogP contribution in [0.2, 0.25) is 0 Å². The van der Waals surface area contributed by atoms with E-state index in [2.05, 4.69) is 11.0 Å². The third-order valence-electron chi connectivity index (χ3n) is 3.74. The van der Waals surface area contributed by atoms with Crippen LogP contribution in [0.5, 0.6) is 0 Å². The molecule has 1 aromatic rings. The van der Waals surface area contributed by atoms with Crippen molar-refractivity contribution in [2.75, 3.05) is 18.0 Å². The van der Waals surface area contributed by atoms with Crippen LogP contribution in [0.3, 0.4) is 0 Å². The van der Waals surface area contributed by atoms with Gasteiger partial charge in [0.1, 0.15) is 11.9 Å². The van der Waals surface area contributed by atoms with Gasteiger partial charge in [-0.25, -0.2) is 4.39 Å². The summed E-state index contributed by atoms with van der Waals surface area (Å²) in [6.45, 7) is 5.58. The summed E-state index contributed by atoms with van der Waals surface area (Å²) >= 11 is 0. The number of piperidine rings is 1. The van der Waals surface area contributed by atoms with E-state index in [1.807, 2.05) is 19.9 Å². The van der Waals surface area contributed by atoms with Crippen molar-refractivity contribution in [3.05, 3.63) is 29.1 Å². The van der Waals surface area contributed by atoms with Crippen LogP contribution in [0.25, 0.3) is 0 Å². The third kappa shape index (κ3) is 2.87. The minimum atomic E-state index is -0.288. The average molecular weight is 261 g/mol. The monoisotopic (exact) mass is 261 g/mol. The van der Waals surface area contributed by atoms with Gasteiger partial charge in [-0.15, -0.1) is 0 Å². The Morgan fingerprint density at radius 2 is 2.00 bits per heavy atom. The van der Waals surface area contributed by atoms with E-state index in [0.29, 0.717) is 11.1 Å². The van der Waals surface area contributed by atoms with Crippen molar-refractivity contribution in [1.29, 1.82) is 5.26 Å². The van der Waals surface area contributed by atoms with Crippen molar-refractivity contribution in [2.24, 2.45) is 5.73 Å². The Labute approximate surface area is 113 Å². The van der Waals surface area contributed by atoms with Crippen LogP contribution in [0.4, 0.5) is 10.1 Å². The van der Waals surface area contributed by atoms with Crippen LogP contribution in [0.15, 0.2) is 12.1 Å². The summed E-state index contributed by atoms with van der Waals surface area (Å²) in [5, 5.41) is 9.19. The van der Waals surface area contributed by atoms with Crippen molar-refractivity contribution in [3.8, 4) is 6.07 Å². The van der Waals surface area contributed by atoms with Crippen LogP contribution in [0.1, 0.15) is 43.7 Å². The molecule has 102 valence electrons. The largest absolute Gasteiger partial charge is 0.370 e. The molecule has 0 aromatic heterocycles. The number of hydrogen-bond donors (Lipinski definition) is 1. The SMILES string of the molecule is CC(C)c1cc(N2CCC(N)CC2)c(C#N)cc1F. The highest BCUT2D eigenvalue weighted by Crippen LogP contribution is 2.30. The minimum Gasteiger partial charge on any atom is -0.370 e. The lowest BCUT2D eigenvalue weighted by molar-refractivity contribution is 0.500. The first-order valence-electron chi connectivity index (χ1n) is 6.77. The molecule has 0 saturated carbocycles. The molecule has 1 aliphatic rings. The van der Waals surface area contributed by atoms with Gasteiger partial charge in [-0.3, -0.25) is 0 Å². The highest BCUT2D eigenvalue weighted by atomic mass is 19.1. The first-order valence-corrected chi connectivity index (χ1v) is 6.77. The zero-order valence-electron chi connectivity index (χ0n) is 11.5. The molecule has 0 amide bonds. The van der Waals surface area contributed by atoms with Gasteiger partial charge in [0, 0.05) is 19.1 Å². The fourth-order valence-corrected chi connectivity index (χ4v) is 2.51. The highest BCUT2D eigenvalue weighted by molar-refractivity contribution is 5.61. The molecular formula is C15H20FN3. The minimum absolute atomic E-state index is 0.110. The summed E-state index contributed by atoms with van der Waals surface area (Å²) in [7, 11) is 0. The second-order valence-corrected chi connectivity index (χ2v) is 5.48. The molecule has 0 aliphatic carbocycles. The first kappa shape index (κ1) is 13.8. The van der Waals surface area contributed by atoms with Gasteiger partial charge in [-0.05, 0) is 36.5 Å². The zero-order valence-corrected chi connectivity index (χ0v) is 11.5. The molecule has 1 aromatic carbocycles. The predicted octanol–water partition coefficient (Wildman–Crippen LogP) is 2.75. The topological polar surface area (TPSA) is 53.0 Å². The zero-order chi connectivity index (χ0) is 14.0. The van der Waals surface area contributed by atoms with Crippen LogP contribution < -0.4 is 10.6 Å². The van der Waals surface area contributed by atoms with Gasteiger partial charge < -0.3 is 10.6 Å². The number of nitriles is 1. The number of nitrogens with zero attached hydrogens (tertiary/aromatic N) is 2. The molecule has 0 atom stereocenters. The summed E-state index contributed by atoms with van der Waals surface area (Å²) < 4.78 is 13.9. The molecule has 1 fully saturated rings. The van der Waals surface area contributed by atoms with E-state index < -0.39 is 0 Å². The summed E-state index contributed by atoms with van der Waals surface area (Å²) in [5.74, 6) is -0.178. The Morgan fingerprint density at radius 1 is 1.37 bits per heavy atom. The Kier molecular flexibility index (Phi) is 4.06. The van der Waals surface area contributed by atoms with Crippen molar-refractivity contribution >= 4 is 5.69 Å². The lowest BCUT2D eigenvalue weighted by atomic mass is 9.97. The van der Waals surface area contributed by atoms with E-state index in [-0.39, 0.29) is 17.8 Å². The summed E-state index contributed by atoms with van der Waals surface area (Å²) in [6.07, 6.45) is 1.83. The average Bonchev–Trinajstić information content (AvgIpc) is 2.39. The van der Waals surface area contributed by atoms with Crippen molar-refractivity contribution in [2.45, 2.75) is 38.6 Å². The van der Waals surface area contributed by atoms with Gasteiger partial charge in [0.05, 0.1) is 11.3 Å². The van der Waals surface area contributed by atoms with E-state index in [0.717, 1.165) is 31.6 Å². The molecule has 0 radical (unpaired) electrons. The highest BCUT2D eigenvalue weighted by Gasteiger charge is 2.21. The Hall–Kier alpha value is -1.60. The normalized spacial score (nSPS) is 16.7. The standard InChI is InChI=1S/C15H20FN3/c1-10(2)13-8-15(11(9-17)7-14(13)16)19-5-3-12(18)4-6-19/h7-8,10,12H,3-6,18H2,1-2H3. The van der Waals surface area contributed by atoms with Gasteiger partial charge in [-0.1, -0.05) is 13.8 Å². The Balaban J connectivity index is 2.38. The maximum atomic E-state index is 13.9. The van der Waals surface area contributed by atoms with Crippen molar-refractivity contribution < 1.29 is 4.39 Å². The van der Waals surface area contributed by atoms with Crippen LogP contribution in [-0.4, -0.2) is 19.1 Å². The maximum Gasteiger partial charge on any atom is 0.128 e. The van der Waals surface area contributed by atoms with Crippen molar-refractivity contribution in [1.82, 2.24) is 0 Å². The van der Waals surface area contributed by atoms with E-state index >= 15 is 0 Å². The number of hydrogen-bond acceptors (Lipinski definition) is 3. The third-order valence-corrected chi connectivity index (χ3v) is 3.74. The lowest BCUT2D eigenvalue weighted by Crippen LogP contribution is -2.40. The van der Waals surface area contributed by atoms with Gasteiger partial charge in [0.25, 0.3) is 0 Å². The Bertz CT molecular complexity index is 497. The molecule has 2 N–H and O–H groups in total. The molecule has 4 heteroatoms. The number of rotatable bonds is 2. The molecule has 1 saturated heterocycles. The van der Waals surface area contributed by atoms with Gasteiger partial charge >= 0.3 is 0 Å². The second-order valence-electron chi connectivity index (χ2n) is 5.48. The van der Waals surface area contributed by atoms with Crippen molar-refractivity contribution in [3.63, 3.8) is 0 Å². The molecule has 0 unspecified atom stereocenters. The van der Waals surface area contributed by atoms with Crippen LogP contribution >= 0.6 is 0 Å². The summed E-state index contributed by atoms with van der Waals surface area (Å²) in [6, 6.07) is 5.53. The molecule has 0 spiro atoms. The molecule has 19 heavy (non-hydrogen) atoms. The summed E-state index contributed by atoms with van der Waals surface area (Å²) in [5.41, 5.74) is 7.83. The number of anilines is 1. The van der Waals surface area contributed by atoms with Crippen LogP contribution in [-0.2, 0) is 0 Å². The number of halogens is 1. The molecule has 0 bridgehead atoms. The molecule has 1 aliphatic heterocycles. The molecule has 1 heterocycles. The van der Waals surface area contributed by atoms with Gasteiger partial charge in [-0.2, -0.15) is 5.26 Å². The number of benzene rings is 1. The van der Waals surface area contributed by atoms with Gasteiger partial charge in [0.2, 0.25) is 0 Å². The molecular weight excluding hydrogens is 241 g/mol. The quantitative estimate of drug-likeness (QED) is 0.890. The molecule has 2 rings (SSSR count). The first-order chi connectivity index (χ1) is 9.02.